The highest BCUT2D eigenvalue weighted by atomic mass is 35.5. The Morgan fingerprint density at radius 2 is 2.12 bits per heavy atom. The van der Waals surface area contributed by atoms with Gasteiger partial charge in [-0.3, -0.25) is 9.59 Å². The van der Waals surface area contributed by atoms with Gasteiger partial charge in [-0.2, -0.15) is 0 Å². The Labute approximate surface area is 103 Å². The van der Waals surface area contributed by atoms with Gasteiger partial charge >= 0.3 is 5.97 Å². The van der Waals surface area contributed by atoms with Gasteiger partial charge in [0, 0.05) is 10.6 Å². The molecule has 17 heavy (non-hydrogen) atoms. The number of methoxy groups -OCH3 is 1. The molecule has 1 unspecified atom stereocenters. The van der Waals surface area contributed by atoms with E-state index in [2.05, 4.69) is 4.74 Å². The second kappa shape index (κ2) is 4.30. The van der Waals surface area contributed by atoms with Crippen molar-refractivity contribution < 1.29 is 19.1 Å². The topological polar surface area (TPSA) is 60.4 Å². The van der Waals surface area contributed by atoms with E-state index in [9.17, 15) is 14.4 Å². The first-order valence-electron chi connectivity index (χ1n) is 4.99. The fourth-order valence-electron chi connectivity index (χ4n) is 1.93. The zero-order valence-electron chi connectivity index (χ0n) is 9.03. The summed E-state index contributed by atoms with van der Waals surface area (Å²) in [6.07, 6.45) is 0.211. The molecule has 1 aromatic rings. The SMILES string of the molecule is COC(=O)C(=O)C1Cc2cc(Cl)ccc2C1=O. The van der Waals surface area contributed by atoms with Gasteiger partial charge in [-0.05, 0) is 30.2 Å². The average molecular weight is 253 g/mol. The van der Waals surface area contributed by atoms with E-state index >= 15 is 0 Å². The molecule has 88 valence electrons. The van der Waals surface area contributed by atoms with Crippen LogP contribution in [0.2, 0.25) is 5.02 Å². The van der Waals surface area contributed by atoms with Crippen LogP contribution in [0.3, 0.4) is 0 Å². The number of hydrogen-bond donors (Lipinski definition) is 0. The minimum Gasteiger partial charge on any atom is -0.463 e. The molecule has 0 radical (unpaired) electrons. The largest absolute Gasteiger partial charge is 0.463 e. The van der Waals surface area contributed by atoms with Crippen LogP contribution < -0.4 is 0 Å². The summed E-state index contributed by atoms with van der Waals surface area (Å²) in [7, 11) is 1.11. The van der Waals surface area contributed by atoms with E-state index in [0.717, 1.165) is 7.11 Å². The zero-order chi connectivity index (χ0) is 12.6. The maximum Gasteiger partial charge on any atom is 0.375 e. The fraction of sp³-hybridized carbons (Fsp3) is 0.250. The molecule has 1 atom stereocenters. The van der Waals surface area contributed by atoms with Gasteiger partial charge in [-0.25, -0.2) is 4.79 Å². The molecule has 0 spiro atoms. The standard InChI is InChI=1S/C12H9ClO4/c1-17-12(16)11(15)9-5-6-4-7(13)2-3-8(6)10(9)14/h2-4,9H,5H2,1H3. The molecule has 1 aliphatic carbocycles. The first-order chi connectivity index (χ1) is 8.04. The minimum atomic E-state index is -0.984. The number of ketones is 2. The predicted octanol–water partition coefficient (Wildman–Crippen LogP) is 1.44. The maximum atomic E-state index is 11.9. The second-order valence-corrected chi connectivity index (χ2v) is 4.21. The highest BCUT2D eigenvalue weighted by Crippen LogP contribution is 2.29. The van der Waals surface area contributed by atoms with Crippen molar-refractivity contribution in [3.63, 3.8) is 0 Å². The summed E-state index contributed by atoms with van der Waals surface area (Å²) in [5.74, 6) is -3.09. The van der Waals surface area contributed by atoms with Crippen LogP contribution in [0, 0.1) is 5.92 Å². The number of fused-ring (bicyclic) bond motifs is 1. The number of hydrogen-bond acceptors (Lipinski definition) is 4. The smallest absolute Gasteiger partial charge is 0.375 e. The van der Waals surface area contributed by atoms with Gasteiger partial charge in [-0.1, -0.05) is 11.6 Å². The fourth-order valence-corrected chi connectivity index (χ4v) is 2.12. The summed E-state index contributed by atoms with van der Waals surface area (Å²) in [5.41, 5.74) is 1.15. The van der Waals surface area contributed by atoms with Crippen molar-refractivity contribution in [1.82, 2.24) is 0 Å². The van der Waals surface area contributed by atoms with Crippen molar-refractivity contribution in [2.45, 2.75) is 6.42 Å². The number of carbonyl (C=O) groups excluding carboxylic acids is 3. The molecule has 0 bridgehead atoms. The quantitative estimate of drug-likeness (QED) is 0.454. The third-order valence-electron chi connectivity index (χ3n) is 2.78. The molecular weight excluding hydrogens is 244 g/mol. The normalized spacial score (nSPS) is 17.8. The lowest BCUT2D eigenvalue weighted by molar-refractivity contribution is -0.152. The van der Waals surface area contributed by atoms with Crippen LogP contribution in [0.25, 0.3) is 0 Å². The Morgan fingerprint density at radius 1 is 1.41 bits per heavy atom. The first-order valence-corrected chi connectivity index (χ1v) is 5.37. The molecule has 0 amide bonds. The van der Waals surface area contributed by atoms with Gasteiger partial charge in [-0.15, -0.1) is 0 Å². The molecule has 0 aromatic heterocycles. The van der Waals surface area contributed by atoms with Gasteiger partial charge in [0.15, 0.2) is 5.78 Å². The van der Waals surface area contributed by atoms with Crippen molar-refractivity contribution >= 4 is 29.1 Å². The number of esters is 1. The van der Waals surface area contributed by atoms with Gasteiger partial charge in [0.05, 0.1) is 13.0 Å². The third kappa shape index (κ3) is 1.96. The second-order valence-electron chi connectivity index (χ2n) is 3.78. The van der Waals surface area contributed by atoms with Crippen molar-refractivity contribution in [3.8, 4) is 0 Å². The summed E-state index contributed by atoms with van der Waals surface area (Å²) >= 11 is 5.80. The molecule has 1 aromatic carbocycles. The van der Waals surface area contributed by atoms with Crippen molar-refractivity contribution in [3.05, 3.63) is 34.3 Å². The van der Waals surface area contributed by atoms with E-state index in [4.69, 9.17) is 11.6 Å². The van der Waals surface area contributed by atoms with Gasteiger partial charge in [0.1, 0.15) is 0 Å². The number of benzene rings is 1. The van der Waals surface area contributed by atoms with Crippen LogP contribution in [-0.4, -0.2) is 24.6 Å². The zero-order valence-corrected chi connectivity index (χ0v) is 9.78. The minimum absolute atomic E-state index is 0.211. The van der Waals surface area contributed by atoms with Crippen LogP contribution >= 0.6 is 11.6 Å². The summed E-state index contributed by atoms with van der Waals surface area (Å²) < 4.78 is 4.33. The highest BCUT2D eigenvalue weighted by molar-refractivity contribution is 6.40. The van der Waals surface area contributed by atoms with Crippen LogP contribution in [0.5, 0.6) is 0 Å². The number of carbonyl (C=O) groups is 3. The Hall–Kier alpha value is -1.68. The summed E-state index contributed by atoms with van der Waals surface area (Å²) in [6, 6.07) is 4.80. The molecule has 0 aliphatic heterocycles. The molecule has 0 heterocycles. The third-order valence-corrected chi connectivity index (χ3v) is 3.01. The van der Waals surface area contributed by atoms with Crippen LogP contribution in [0.4, 0.5) is 0 Å². The Balaban J connectivity index is 2.31. The van der Waals surface area contributed by atoms with Crippen molar-refractivity contribution in [1.29, 1.82) is 0 Å². The molecule has 1 aliphatic rings. The molecule has 0 fully saturated rings. The van der Waals surface area contributed by atoms with Gasteiger partial charge in [0.2, 0.25) is 0 Å². The lowest BCUT2D eigenvalue weighted by Gasteiger charge is -2.03. The van der Waals surface area contributed by atoms with E-state index in [0.29, 0.717) is 16.1 Å². The molecule has 5 heteroatoms. The number of Topliss-reactive ketones (excluding diaryl/α,β-unsaturated/α-hetero) is 2. The lowest BCUT2D eigenvalue weighted by atomic mass is 10.00. The molecule has 4 nitrogen and oxygen atoms in total. The van der Waals surface area contributed by atoms with E-state index in [1.165, 1.54) is 0 Å². The predicted molar refractivity (Wildman–Crippen MR) is 60.0 cm³/mol. The Morgan fingerprint density at radius 3 is 2.76 bits per heavy atom. The van der Waals surface area contributed by atoms with Crippen molar-refractivity contribution in [2.75, 3.05) is 7.11 Å². The molecule has 0 saturated carbocycles. The Bertz CT molecular complexity index is 521. The Kier molecular flexibility index (Phi) is 2.98. The maximum absolute atomic E-state index is 11.9. The lowest BCUT2D eigenvalue weighted by Crippen LogP contribution is -2.28. The summed E-state index contributed by atoms with van der Waals surface area (Å²) in [4.78, 5) is 34.6. The van der Waals surface area contributed by atoms with Crippen LogP contribution in [-0.2, 0) is 20.7 Å². The van der Waals surface area contributed by atoms with E-state index in [1.54, 1.807) is 18.2 Å². The van der Waals surface area contributed by atoms with E-state index in [-0.39, 0.29) is 12.2 Å². The highest BCUT2D eigenvalue weighted by Gasteiger charge is 2.39. The number of rotatable bonds is 2. The monoisotopic (exact) mass is 252 g/mol. The van der Waals surface area contributed by atoms with Crippen molar-refractivity contribution in [2.24, 2.45) is 5.92 Å². The summed E-state index contributed by atoms with van der Waals surface area (Å²) in [5, 5.41) is 0.503. The molecule has 0 N–H and O–H groups in total. The number of halogens is 1. The van der Waals surface area contributed by atoms with Gasteiger partial charge < -0.3 is 4.74 Å². The first kappa shape index (κ1) is 11.8. The average Bonchev–Trinajstić information content (AvgIpc) is 2.64. The van der Waals surface area contributed by atoms with Gasteiger partial charge in [0.25, 0.3) is 5.78 Å². The molecule has 0 saturated heterocycles. The van der Waals surface area contributed by atoms with E-state index in [1.807, 2.05) is 0 Å². The molecule has 2 rings (SSSR count). The number of ether oxygens (including phenoxy) is 1. The summed E-state index contributed by atoms with van der Waals surface area (Å²) in [6.45, 7) is 0. The van der Waals surface area contributed by atoms with Crippen LogP contribution in [0.1, 0.15) is 15.9 Å². The van der Waals surface area contributed by atoms with E-state index < -0.39 is 17.7 Å². The molecular formula is C12H9ClO4. The van der Waals surface area contributed by atoms with Crippen LogP contribution in [0.15, 0.2) is 18.2 Å².